The minimum absolute atomic E-state index is 0. The smallest absolute Gasteiger partial charge is 0.146 e. The van der Waals surface area contributed by atoms with Crippen molar-refractivity contribution in [1.29, 1.82) is 0 Å². The average Bonchev–Trinajstić information content (AvgIpc) is 3.57. The average molecular weight is 474 g/mol. The topological polar surface area (TPSA) is 34.1 Å². The van der Waals surface area contributed by atoms with Crippen LogP contribution in [0, 0.1) is 11.8 Å². The van der Waals surface area contributed by atoms with Gasteiger partial charge in [-0.05, 0) is 24.1 Å². The Hall–Kier alpha value is -3.44. The van der Waals surface area contributed by atoms with Crippen molar-refractivity contribution in [3.63, 3.8) is 0 Å². The SMILES string of the molecule is O=C(C#Cc1ccccc1)[c-]1cccc1.O=C(CCCCc1ccccc1)[c-]1[cH-][cH-][cH-][cH-]1.[Fe]. The molecule has 172 valence electrons. The summed E-state index contributed by atoms with van der Waals surface area (Å²) in [4.78, 5) is 23.2. The van der Waals surface area contributed by atoms with E-state index in [0.29, 0.717) is 12.0 Å². The molecule has 0 N–H and O–H groups in total. The van der Waals surface area contributed by atoms with E-state index in [-0.39, 0.29) is 28.6 Å². The van der Waals surface area contributed by atoms with E-state index in [1.54, 1.807) is 12.1 Å². The van der Waals surface area contributed by atoms with Crippen molar-refractivity contribution in [2.45, 2.75) is 25.7 Å². The Morgan fingerprint density at radius 3 is 2.03 bits per heavy atom. The molecule has 4 aromatic rings. The maximum absolute atomic E-state index is 11.7. The van der Waals surface area contributed by atoms with Gasteiger partial charge in [0.25, 0.3) is 0 Å². The van der Waals surface area contributed by atoms with Crippen molar-refractivity contribution in [2.75, 3.05) is 0 Å². The number of carbonyl (C=O) groups excluding carboxylic acids is 2. The predicted octanol–water partition coefficient (Wildman–Crippen LogP) is 6.64. The Morgan fingerprint density at radius 1 is 0.788 bits per heavy atom. The van der Waals surface area contributed by atoms with Gasteiger partial charge in [-0.2, -0.15) is 12.1 Å². The standard InChI is InChI=1S/C16H17O.C14H9O.Fe/c17-16(15-11-5-6-12-15)13-7-4-10-14-8-2-1-3-9-14;15-14(13-8-4-5-9-13)11-10-12-6-2-1-3-7-12;/h1-3,5-6,8-9,11-12H,4,7,10,13H2;1-9H;/q-5;-1;. The molecule has 0 saturated heterocycles. The number of ketones is 2. The molecule has 3 heteroatoms. The fraction of sp³-hybridized carbons (Fsp3) is 0.133. The van der Waals surface area contributed by atoms with Gasteiger partial charge in [0.15, 0.2) is 0 Å². The monoisotopic (exact) mass is 474 g/mol. The molecule has 0 atom stereocenters. The zero-order chi connectivity index (χ0) is 22.4. The number of hydrogen-bond acceptors (Lipinski definition) is 2. The molecule has 0 aromatic heterocycles. The van der Waals surface area contributed by atoms with Gasteiger partial charge < -0.3 is 39.4 Å². The summed E-state index contributed by atoms with van der Waals surface area (Å²) in [5.74, 6) is 5.58. The number of rotatable bonds is 7. The third-order valence-corrected chi connectivity index (χ3v) is 4.97. The molecule has 0 heterocycles. The fourth-order valence-electron chi connectivity index (χ4n) is 3.21. The van der Waals surface area contributed by atoms with Crippen LogP contribution in [0.2, 0.25) is 0 Å². The number of hydrogen-bond donors (Lipinski definition) is 0. The van der Waals surface area contributed by atoms with Crippen LogP contribution in [0.4, 0.5) is 0 Å². The molecule has 0 amide bonds. The Balaban J connectivity index is 0.000000228. The fourth-order valence-corrected chi connectivity index (χ4v) is 3.21. The van der Waals surface area contributed by atoms with E-state index < -0.39 is 0 Å². The van der Waals surface area contributed by atoms with Gasteiger partial charge in [0.1, 0.15) is 5.78 Å². The molecule has 33 heavy (non-hydrogen) atoms. The maximum Gasteiger partial charge on any atom is 0.146 e. The first-order valence-electron chi connectivity index (χ1n) is 10.8. The van der Waals surface area contributed by atoms with Gasteiger partial charge in [-0.1, -0.05) is 66.9 Å². The Morgan fingerprint density at radius 2 is 1.39 bits per heavy atom. The van der Waals surface area contributed by atoms with E-state index in [1.165, 1.54) is 5.56 Å². The van der Waals surface area contributed by atoms with Crippen LogP contribution in [-0.4, -0.2) is 11.6 Å². The molecule has 0 aliphatic rings. The van der Waals surface area contributed by atoms with Crippen molar-refractivity contribution in [2.24, 2.45) is 0 Å². The van der Waals surface area contributed by atoms with Crippen LogP contribution in [-0.2, 0) is 23.5 Å². The van der Waals surface area contributed by atoms with E-state index in [4.69, 9.17) is 0 Å². The molecule has 0 radical (unpaired) electrons. The molecule has 4 aromatic carbocycles. The zero-order valence-electron chi connectivity index (χ0n) is 18.4. The number of benzene rings is 2. The molecule has 0 aliphatic carbocycles. The molecule has 0 aliphatic heterocycles. The maximum atomic E-state index is 11.7. The van der Waals surface area contributed by atoms with Gasteiger partial charge >= 0.3 is 0 Å². The van der Waals surface area contributed by atoms with Gasteiger partial charge in [0.2, 0.25) is 0 Å². The van der Waals surface area contributed by atoms with Gasteiger partial charge in [-0.3, -0.25) is 5.78 Å². The van der Waals surface area contributed by atoms with E-state index in [0.717, 1.165) is 30.4 Å². The first kappa shape index (κ1) is 25.8. The summed E-state index contributed by atoms with van der Waals surface area (Å²) >= 11 is 0. The Labute approximate surface area is 206 Å². The third-order valence-electron chi connectivity index (χ3n) is 4.97. The summed E-state index contributed by atoms with van der Waals surface area (Å²) in [6.45, 7) is 0. The van der Waals surface area contributed by atoms with Gasteiger partial charge in [0, 0.05) is 22.6 Å². The molecule has 0 saturated carbocycles. The van der Waals surface area contributed by atoms with Gasteiger partial charge in [-0.25, -0.2) is 0 Å². The van der Waals surface area contributed by atoms with Crippen LogP contribution in [0.25, 0.3) is 0 Å². The summed E-state index contributed by atoms with van der Waals surface area (Å²) in [6.07, 6.45) is 3.78. The summed E-state index contributed by atoms with van der Waals surface area (Å²) in [7, 11) is 0. The summed E-state index contributed by atoms with van der Waals surface area (Å²) in [5.41, 5.74) is 3.72. The van der Waals surface area contributed by atoms with Crippen LogP contribution >= 0.6 is 0 Å². The second-order valence-corrected chi connectivity index (χ2v) is 7.41. The molecule has 4 rings (SSSR count). The van der Waals surface area contributed by atoms with Crippen LogP contribution < -0.4 is 0 Å². The second-order valence-electron chi connectivity index (χ2n) is 7.41. The van der Waals surface area contributed by atoms with Crippen molar-refractivity contribution < 1.29 is 26.7 Å². The molecule has 0 spiro atoms. The van der Waals surface area contributed by atoms with Crippen LogP contribution in [0.15, 0.2) is 109 Å². The van der Waals surface area contributed by atoms with E-state index in [9.17, 15) is 9.59 Å². The molecule has 0 bridgehead atoms. The minimum Gasteiger partial charge on any atom is -0.718 e. The normalized spacial score (nSPS) is 9.45. The largest absolute Gasteiger partial charge is 0.718 e. The van der Waals surface area contributed by atoms with Gasteiger partial charge in [0.05, 0.1) is 0 Å². The summed E-state index contributed by atoms with van der Waals surface area (Å²) < 4.78 is 0. The summed E-state index contributed by atoms with van der Waals surface area (Å²) in [5, 5.41) is 0. The molecular formula is C30H26FeO2-6. The number of unbranched alkanes of at least 4 members (excludes halogenated alkanes) is 1. The molecule has 0 fully saturated rings. The van der Waals surface area contributed by atoms with Crippen molar-refractivity contribution in [3.8, 4) is 11.8 Å². The summed E-state index contributed by atoms with van der Waals surface area (Å²) in [6, 6.07) is 34.7. The third kappa shape index (κ3) is 9.29. The van der Waals surface area contributed by atoms with Crippen LogP contribution in [0.5, 0.6) is 0 Å². The van der Waals surface area contributed by atoms with Crippen molar-refractivity contribution in [1.82, 2.24) is 0 Å². The van der Waals surface area contributed by atoms with Crippen LogP contribution in [0.1, 0.15) is 51.1 Å². The zero-order valence-corrected chi connectivity index (χ0v) is 19.5. The van der Waals surface area contributed by atoms with Crippen molar-refractivity contribution >= 4 is 11.6 Å². The molecule has 0 unspecified atom stereocenters. The number of aryl methyl sites for hydroxylation is 1. The minimum atomic E-state index is -0.135. The van der Waals surface area contributed by atoms with E-state index in [1.807, 2.05) is 72.8 Å². The number of carbonyl (C=O) groups is 2. The predicted molar refractivity (Wildman–Crippen MR) is 130 cm³/mol. The quantitative estimate of drug-likeness (QED) is 0.0990. The van der Waals surface area contributed by atoms with Crippen LogP contribution in [0.3, 0.4) is 0 Å². The molecule has 2 nitrogen and oxygen atoms in total. The molecular weight excluding hydrogens is 448 g/mol. The first-order valence-corrected chi connectivity index (χ1v) is 10.8. The van der Waals surface area contributed by atoms with Gasteiger partial charge in [-0.15, -0.1) is 30.4 Å². The second kappa shape index (κ2) is 14.6. The Bertz CT molecular complexity index is 1130. The first-order chi connectivity index (χ1) is 15.7. The van der Waals surface area contributed by atoms with Crippen molar-refractivity contribution in [3.05, 3.63) is 131 Å². The van der Waals surface area contributed by atoms with E-state index in [2.05, 4.69) is 36.1 Å². The Kier molecular flexibility index (Phi) is 11.4. The van der Waals surface area contributed by atoms with E-state index >= 15 is 0 Å². The number of Topliss-reactive ketones (excluding diaryl/α,β-unsaturated/α-hetero) is 2.